The van der Waals surface area contributed by atoms with Gasteiger partial charge in [-0.25, -0.2) is 5.43 Å². The Bertz CT molecular complexity index is 1550. The predicted octanol–water partition coefficient (Wildman–Crippen LogP) is 5.93. The highest BCUT2D eigenvalue weighted by atomic mass is 35.5. The summed E-state index contributed by atoms with van der Waals surface area (Å²) in [7, 11) is 0. The first-order chi connectivity index (χ1) is 18.2. The van der Waals surface area contributed by atoms with E-state index in [4.69, 9.17) is 11.6 Å². The second-order valence-electron chi connectivity index (χ2n) is 8.05. The molecule has 0 saturated carbocycles. The molecule has 5 aromatic rings. The third-order valence-electron chi connectivity index (χ3n) is 5.57. The van der Waals surface area contributed by atoms with Gasteiger partial charge in [-0.05, 0) is 29.7 Å². The molecule has 0 fully saturated rings. The number of thioether (sulfide) groups is 1. The van der Waals surface area contributed by atoms with E-state index in [2.05, 4.69) is 50.3 Å². The van der Waals surface area contributed by atoms with E-state index in [-0.39, 0.29) is 11.7 Å². The molecule has 0 bridgehead atoms. The van der Waals surface area contributed by atoms with Crippen LogP contribution in [0.2, 0.25) is 5.02 Å². The van der Waals surface area contributed by atoms with Crippen LogP contribution in [0.1, 0.15) is 11.4 Å². The zero-order valence-electron chi connectivity index (χ0n) is 19.7. The molecule has 7 nitrogen and oxygen atoms in total. The van der Waals surface area contributed by atoms with Crippen molar-refractivity contribution in [3.05, 3.63) is 113 Å². The summed E-state index contributed by atoms with van der Waals surface area (Å²) < 4.78 is 1.96. The number of fused-ring (bicyclic) bond motifs is 1. The van der Waals surface area contributed by atoms with Crippen LogP contribution >= 0.6 is 23.4 Å². The highest BCUT2D eigenvalue weighted by Gasteiger charge is 2.16. The normalized spacial score (nSPS) is 11.2. The fourth-order valence-corrected chi connectivity index (χ4v) is 4.76. The third kappa shape index (κ3) is 5.99. The number of nitrogens with zero attached hydrogens (tertiary/aromatic N) is 4. The first-order valence-electron chi connectivity index (χ1n) is 11.6. The molecule has 1 heterocycles. The Balaban J connectivity index is 1.30. The Morgan fingerprint density at radius 2 is 1.68 bits per heavy atom. The molecule has 0 unspecified atom stereocenters. The summed E-state index contributed by atoms with van der Waals surface area (Å²) in [4.78, 5) is 12.4. The minimum absolute atomic E-state index is 0.127. The molecule has 0 spiro atoms. The van der Waals surface area contributed by atoms with Crippen LogP contribution in [0.3, 0.4) is 0 Å². The number of nitrogens with one attached hydrogen (secondary N) is 2. The van der Waals surface area contributed by atoms with Gasteiger partial charge in [0.25, 0.3) is 5.91 Å². The second kappa shape index (κ2) is 11.7. The van der Waals surface area contributed by atoms with Crippen molar-refractivity contribution in [1.82, 2.24) is 20.2 Å². The van der Waals surface area contributed by atoms with Gasteiger partial charge in [0.2, 0.25) is 0 Å². The molecule has 9 heteroatoms. The molecule has 1 aromatic heterocycles. The highest BCUT2D eigenvalue weighted by molar-refractivity contribution is 7.99. The first kappa shape index (κ1) is 24.5. The van der Waals surface area contributed by atoms with Gasteiger partial charge in [-0.15, -0.1) is 10.2 Å². The zero-order valence-corrected chi connectivity index (χ0v) is 21.3. The number of halogens is 1. The maximum absolute atomic E-state index is 12.4. The maximum Gasteiger partial charge on any atom is 0.250 e. The van der Waals surface area contributed by atoms with E-state index in [1.165, 1.54) is 18.0 Å². The van der Waals surface area contributed by atoms with E-state index in [1.807, 2.05) is 71.3 Å². The van der Waals surface area contributed by atoms with Crippen molar-refractivity contribution in [3.63, 3.8) is 0 Å². The summed E-state index contributed by atoms with van der Waals surface area (Å²) >= 11 is 7.42. The Hall–Kier alpha value is -4.14. The fraction of sp³-hybridized carbons (Fsp3) is 0.0714. The average molecular weight is 527 g/mol. The summed E-state index contributed by atoms with van der Waals surface area (Å²) in [5.41, 5.74) is 5.20. The zero-order chi connectivity index (χ0) is 25.5. The number of hydrogen-bond acceptors (Lipinski definition) is 6. The maximum atomic E-state index is 12.4. The topological polar surface area (TPSA) is 84.2 Å². The molecule has 1 amide bonds. The number of hydrazone groups is 1. The van der Waals surface area contributed by atoms with Crippen molar-refractivity contribution in [2.24, 2.45) is 5.10 Å². The van der Waals surface area contributed by atoms with E-state index < -0.39 is 0 Å². The number of carbonyl (C=O) groups is 1. The molecule has 37 heavy (non-hydrogen) atoms. The number of para-hydroxylation sites is 1. The lowest BCUT2D eigenvalue weighted by Gasteiger charge is -2.12. The number of amides is 1. The number of aromatic nitrogens is 3. The molecule has 0 radical (unpaired) electrons. The molecular weight excluding hydrogens is 504 g/mol. The van der Waals surface area contributed by atoms with Crippen LogP contribution in [0, 0.1) is 0 Å². The minimum Gasteiger partial charge on any atom is -0.377 e. The van der Waals surface area contributed by atoms with Crippen molar-refractivity contribution in [2.45, 2.75) is 11.7 Å². The van der Waals surface area contributed by atoms with E-state index >= 15 is 0 Å². The lowest BCUT2D eigenvalue weighted by atomic mass is 10.1. The minimum atomic E-state index is -0.258. The number of benzene rings is 4. The van der Waals surface area contributed by atoms with E-state index in [9.17, 15) is 4.79 Å². The Kier molecular flexibility index (Phi) is 7.78. The summed E-state index contributed by atoms with van der Waals surface area (Å²) in [6.07, 6.45) is 1.52. The van der Waals surface area contributed by atoms with Crippen molar-refractivity contribution < 1.29 is 4.79 Å². The smallest absolute Gasteiger partial charge is 0.250 e. The Morgan fingerprint density at radius 1 is 0.919 bits per heavy atom. The average Bonchev–Trinajstić information content (AvgIpc) is 3.35. The van der Waals surface area contributed by atoms with Crippen molar-refractivity contribution >= 4 is 51.9 Å². The lowest BCUT2D eigenvalue weighted by molar-refractivity contribution is -0.118. The van der Waals surface area contributed by atoms with E-state index in [0.717, 1.165) is 33.5 Å². The van der Waals surface area contributed by atoms with Gasteiger partial charge in [-0.3, -0.25) is 9.36 Å². The van der Waals surface area contributed by atoms with E-state index in [0.29, 0.717) is 16.7 Å². The van der Waals surface area contributed by atoms with Gasteiger partial charge >= 0.3 is 0 Å². The lowest BCUT2D eigenvalue weighted by Crippen LogP contribution is -2.20. The van der Waals surface area contributed by atoms with Gasteiger partial charge in [0.1, 0.15) is 0 Å². The van der Waals surface area contributed by atoms with Crippen LogP contribution in [0.5, 0.6) is 0 Å². The second-order valence-corrected chi connectivity index (χ2v) is 9.40. The quantitative estimate of drug-likeness (QED) is 0.141. The molecule has 4 aromatic carbocycles. The van der Waals surface area contributed by atoms with E-state index in [1.54, 1.807) is 6.07 Å². The van der Waals surface area contributed by atoms with Crippen molar-refractivity contribution in [3.8, 4) is 5.69 Å². The monoisotopic (exact) mass is 526 g/mol. The molecule has 0 atom stereocenters. The molecule has 5 rings (SSSR count). The third-order valence-corrected chi connectivity index (χ3v) is 6.84. The van der Waals surface area contributed by atoms with Crippen LogP contribution in [0.4, 0.5) is 5.69 Å². The predicted molar refractivity (Wildman–Crippen MR) is 151 cm³/mol. The van der Waals surface area contributed by atoms with Gasteiger partial charge in [0, 0.05) is 27.3 Å². The number of carbonyl (C=O) groups excluding carboxylic acids is 1. The summed E-state index contributed by atoms with van der Waals surface area (Å²) in [5, 5.41) is 19.8. The van der Waals surface area contributed by atoms with Crippen molar-refractivity contribution in [1.29, 1.82) is 0 Å². The summed E-state index contributed by atoms with van der Waals surface area (Å²) in [5.74, 6) is 0.604. The Morgan fingerprint density at radius 3 is 2.54 bits per heavy atom. The standard InChI is InChI=1S/C28H23ClN6OS/c29-24-15-7-5-10-21(24)17-31-33-27(36)19-37-28-34-32-26(35(28)22-12-2-1-3-13-22)18-30-25-16-8-11-20-9-4-6-14-23(20)25/h1-17,30H,18-19H2,(H,33,36)/b31-17-. The molecule has 184 valence electrons. The van der Waals surface area contributed by atoms with Gasteiger partial charge in [-0.2, -0.15) is 5.10 Å². The van der Waals surface area contributed by atoms with Gasteiger partial charge in [0.05, 0.1) is 18.5 Å². The molecule has 0 aliphatic heterocycles. The Labute approximate surface area is 223 Å². The van der Waals surface area contributed by atoms with Crippen LogP contribution in [-0.4, -0.2) is 32.6 Å². The summed E-state index contributed by atoms with van der Waals surface area (Å²) in [6.45, 7) is 0.463. The highest BCUT2D eigenvalue weighted by Crippen LogP contribution is 2.25. The number of hydrogen-bond donors (Lipinski definition) is 2. The SMILES string of the molecule is O=C(CSc1nnc(CNc2cccc3ccccc23)n1-c1ccccc1)N/N=C\c1ccccc1Cl. The van der Waals surface area contributed by atoms with Crippen LogP contribution in [-0.2, 0) is 11.3 Å². The molecule has 0 aliphatic rings. The fourth-order valence-electron chi connectivity index (χ4n) is 3.81. The molecule has 0 saturated heterocycles. The molecule has 0 aliphatic carbocycles. The van der Waals surface area contributed by atoms with Gasteiger partial charge in [0.15, 0.2) is 11.0 Å². The van der Waals surface area contributed by atoms with Crippen LogP contribution < -0.4 is 10.7 Å². The summed E-state index contributed by atoms with van der Waals surface area (Å²) in [6, 6.07) is 31.5. The molecular formula is C28H23ClN6OS. The van der Waals surface area contributed by atoms with Crippen molar-refractivity contribution in [2.75, 3.05) is 11.1 Å². The molecule has 2 N–H and O–H groups in total. The number of anilines is 1. The van der Waals surface area contributed by atoms with Crippen LogP contribution in [0.15, 0.2) is 107 Å². The van der Waals surface area contributed by atoms with Gasteiger partial charge in [-0.1, -0.05) is 96.2 Å². The van der Waals surface area contributed by atoms with Crippen LogP contribution in [0.25, 0.3) is 16.5 Å². The largest absolute Gasteiger partial charge is 0.377 e. The first-order valence-corrected chi connectivity index (χ1v) is 13.0. The van der Waals surface area contributed by atoms with Gasteiger partial charge < -0.3 is 5.32 Å². The number of rotatable bonds is 9.